The molecule has 120 heavy (non-hydrogen) atoms. The van der Waals surface area contributed by atoms with Crippen molar-refractivity contribution in [1.82, 2.24) is 0 Å². The topological polar surface area (TPSA) is 6.48 Å². The van der Waals surface area contributed by atoms with Crippen molar-refractivity contribution in [2.75, 3.05) is 9.80 Å². The molecule has 0 amide bonds. The summed E-state index contributed by atoms with van der Waals surface area (Å²) >= 11 is 0. The molecule has 21 aromatic carbocycles. The third kappa shape index (κ3) is 14.4. The van der Waals surface area contributed by atoms with Crippen molar-refractivity contribution in [3.8, 4) is 145 Å². The van der Waals surface area contributed by atoms with Gasteiger partial charge in [0.15, 0.2) is 0 Å². The van der Waals surface area contributed by atoms with Crippen LogP contribution in [-0.4, -0.2) is 0 Å². The third-order valence-electron chi connectivity index (χ3n) is 23.7. The molecule has 562 valence electrons. The number of anilines is 6. The number of rotatable bonds is 19. The summed E-state index contributed by atoms with van der Waals surface area (Å²) in [6.45, 7) is 0. The molecule has 0 saturated carbocycles. The highest BCUT2D eigenvalue weighted by atomic mass is 15.2. The highest BCUT2D eigenvalue weighted by Crippen LogP contribution is 2.51. The number of hydrogen-bond donors (Lipinski definition) is 0. The molecule has 21 aromatic rings. The van der Waals surface area contributed by atoms with Crippen molar-refractivity contribution in [2.24, 2.45) is 0 Å². The average Bonchev–Trinajstić information content (AvgIpc) is 0.717. The van der Waals surface area contributed by atoms with Gasteiger partial charge in [-0.1, -0.05) is 346 Å². The van der Waals surface area contributed by atoms with Crippen LogP contribution >= 0.6 is 0 Å². The smallest absolute Gasteiger partial charge is 0.0540 e. The highest BCUT2D eigenvalue weighted by molar-refractivity contribution is 6.28. The molecule has 0 aliphatic heterocycles. The number of hydrogen-bond acceptors (Lipinski definition) is 2. The maximum atomic E-state index is 2.52. The molecule has 0 saturated heterocycles. The van der Waals surface area contributed by atoms with Crippen molar-refractivity contribution < 1.29 is 0 Å². The summed E-state index contributed by atoms with van der Waals surface area (Å²) in [4.78, 5) is 5.02. The van der Waals surface area contributed by atoms with E-state index in [9.17, 15) is 0 Å². The van der Waals surface area contributed by atoms with Gasteiger partial charge in [-0.15, -0.1) is 0 Å². The van der Waals surface area contributed by atoms with E-state index in [1.807, 2.05) is 0 Å². The zero-order chi connectivity index (χ0) is 79.7. The van der Waals surface area contributed by atoms with Crippen LogP contribution in [0.25, 0.3) is 177 Å². The van der Waals surface area contributed by atoms with Crippen LogP contribution in [0.2, 0.25) is 0 Å². The van der Waals surface area contributed by atoms with Crippen molar-refractivity contribution in [3.05, 3.63) is 485 Å². The van der Waals surface area contributed by atoms with Gasteiger partial charge in [-0.2, -0.15) is 0 Å². The van der Waals surface area contributed by atoms with Gasteiger partial charge in [0.05, 0.1) is 11.4 Å². The molecule has 21 rings (SSSR count). The standard InChI is InChI=1S/C118H80N2/c1-10-29-81(30-11-1)95-65-96(82-31-12-2-13-32-82)70-103(69-95)90-49-57-109(58-50-90)119(111-48-28-47-94(78-111)105-73-99(85-37-18-5-19-38-85)67-100(74-105)86-39-20-6-21-40-86)115-63-55-92-54-62-114-116(64-56-93-53-61-113(115)117(92)118(93)114)120(110-59-51-91(52-60-110)104-71-97(83-33-14-3-15-34-83)66-98(72-104)84-35-16-4-17-36-84)112-79-107(89-45-26-9-27-46-89)77-108(80-112)106-75-101(87-41-22-7-23-42-87)68-102(76-106)88-43-24-8-25-44-88/h1-80H. The predicted molar refractivity (Wildman–Crippen MR) is 510 cm³/mol. The van der Waals surface area contributed by atoms with Crippen LogP contribution in [0.3, 0.4) is 0 Å². The van der Waals surface area contributed by atoms with Crippen LogP contribution in [0.1, 0.15) is 0 Å². The molecule has 0 unspecified atom stereocenters. The van der Waals surface area contributed by atoms with Gasteiger partial charge in [0, 0.05) is 33.5 Å². The summed E-state index contributed by atoms with van der Waals surface area (Å²) in [5.74, 6) is 0. The summed E-state index contributed by atoms with van der Waals surface area (Å²) in [5.41, 5.74) is 36.2. The third-order valence-corrected chi connectivity index (χ3v) is 23.7. The van der Waals surface area contributed by atoms with E-state index >= 15 is 0 Å². The zero-order valence-corrected chi connectivity index (χ0v) is 66.1. The minimum Gasteiger partial charge on any atom is -0.310 e. The van der Waals surface area contributed by atoms with Crippen molar-refractivity contribution in [2.45, 2.75) is 0 Å². The largest absolute Gasteiger partial charge is 0.310 e. The second-order valence-electron chi connectivity index (χ2n) is 31.2. The van der Waals surface area contributed by atoms with Crippen molar-refractivity contribution >= 4 is 66.4 Å². The fraction of sp³-hybridized carbons (Fsp3) is 0. The molecular formula is C118H80N2. The van der Waals surface area contributed by atoms with Gasteiger partial charge in [0.25, 0.3) is 0 Å². The fourth-order valence-corrected chi connectivity index (χ4v) is 17.7. The first-order chi connectivity index (χ1) is 59.4. The molecule has 0 heterocycles. The molecule has 0 spiro atoms. The van der Waals surface area contributed by atoms with Gasteiger partial charge in [-0.05, 0) is 306 Å². The van der Waals surface area contributed by atoms with E-state index in [1.54, 1.807) is 0 Å². The molecule has 0 aliphatic rings. The van der Waals surface area contributed by atoms with E-state index in [1.165, 1.54) is 66.4 Å². The van der Waals surface area contributed by atoms with Gasteiger partial charge in [-0.25, -0.2) is 0 Å². The number of benzene rings is 21. The van der Waals surface area contributed by atoms with E-state index in [2.05, 4.69) is 495 Å². The molecule has 0 aromatic heterocycles. The number of nitrogens with zero attached hydrogens (tertiary/aromatic N) is 2. The molecule has 2 nitrogen and oxygen atoms in total. The van der Waals surface area contributed by atoms with Crippen molar-refractivity contribution in [1.29, 1.82) is 0 Å². The van der Waals surface area contributed by atoms with Gasteiger partial charge < -0.3 is 9.80 Å². The Kier molecular flexibility index (Phi) is 19.1. The first kappa shape index (κ1) is 72.0. The molecule has 0 aliphatic carbocycles. The second kappa shape index (κ2) is 31.8. The van der Waals surface area contributed by atoms with E-state index in [-0.39, 0.29) is 0 Å². The Hall–Kier alpha value is -15.7. The monoisotopic (exact) mass is 1520 g/mol. The molecule has 0 atom stereocenters. The Bertz CT molecular complexity index is 7010. The molecule has 2 heteroatoms. The summed E-state index contributed by atoms with van der Waals surface area (Å²) < 4.78 is 0. The Labute approximate surface area is 701 Å². The Morgan fingerprint density at radius 1 is 0.108 bits per heavy atom. The Balaban J connectivity index is 0.768. The Morgan fingerprint density at radius 3 is 0.567 bits per heavy atom. The van der Waals surface area contributed by atoms with Crippen molar-refractivity contribution in [3.63, 3.8) is 0 Å². The van der Waals surface area contributed by atoms with Crippen LogP contribution < -0.4 is 9.80 Å². The SMILES string of the molecule is c1ccc(-c2cc(-c3ccccc3)cc(-c3ccc(N(c4cccc(-c5cc(-c6ccccc6)cc(-c6ccccc6)c5)c4)c4ccc5ccc6c(N(c7ccc(-c8cc(-c9ccccc9)cc(-c9ccccc9)c8)cc7)c7cc(-c8ccccc8)cc(-c8cc(-c9ccccc9)cc(-c9ccccc9)c8)c7)ccc7ccc4c5c76)cc3)c2)cc1. The maximum absolute atomic E-state index is 2.52. The molecule has 0 N–H and O–H groups in total. The lowest BCUT2D eigenvalue weighted by molar-refractivity contribution is 1.30. The predicted octanol–water partition coefficient (Wildman–Crippen LogP) is 33.2. The summed E-state index contributed by atoms with van der Waals surface area (Å²) in [6, 6.07) is 179. The summed E-state index contributed by atoms with van der Waals surface area (Å²) in [6.07, 6.45) is 0. The van der Waals surface area contributed by atoms with Gasteiger partial charge in [0.1, 0.15) is 0 Å². The summed E-state index contributed by atoms with van der Waals surface area (Å²) in [7, 11) is 0. The van der Waals surface area contributed by atoms with E-state index < -0.39 is 0 Å². The van der Waals surface area contributed by atoms with Gasteiger partial charge in [-0.3, -0.25) is 0 Å². The minimum absolute atomic E-state index is 1.03. The summed E-state index contributed by atoms with van der Waals surface area (Å²) in [5, 5.41) is 7.00. The first-order valence-corrected chi connectivity index (χ1v) is 41.3. The normalized spacial score (nSPS) is 11.3. The first-order valence-electron chi connectivity index (χ1n) is 41.3. The van der Waals surface area contributed by atoms with Gasteiger partial charge in [0.2, 0.25) is 0 Å². The van der Waals surface area contributed by atoms with Crippen LogP contribution in [-0.2, 0) is 0 Å². The van der Waals surface area contributed by atoms with Crippen LogP contribution in [0.15, 0.2) is 485 Å². The highest BCUT2D eigenvalue weighted by Gasteiger charge is 2.25. The minimum atomic E-state index is 1.03. The quantitative estimate of drug-likeness (QED) is 0.0745. The lowest BCUT2D eigenvalue weighted by atomic mass is 9.90. The lowest BCUT2D eigenvalue weighted by Gasteiger charge is -2.30. The van der Waals surface area contributed by atoms with Crippen LogP contribution in [0.4, 0.5) is 34.1 Å². The fourth-order valence-electron chi connectivity index (χ4n) is 17.7. The molecule has 0 bridgehead atoms. The zero-order valence-electron chi connectivity index (χ0n) is 66.1. The van der Waals surface area contributed by atoms with E-state index in [0.29, 0.717) is 0 Å². The molecular weight excluding hydrogens is 1450 g/mol. The molecule has 0 radical (unpaired) electrons. The van der Waals surface area contributed by atoms with Crippen LogP contribution in [0.5, 0.6) is 0 Å². The van der Waals surface area contributed by atoms with Gasteiger partial charge >= 0.3 is 0 Å². The maximum Gasteiger partial charge on any atom is 0.0540 e. The Morgan fingerprint density at radius 2 is 0.300 bits per heavy atom. The average molecular weight is 1530 g/mol. The van der Waals surface area contributed by atoms with E-state index in [4.69, 9.17) is 0 Å². The molecule has 0 fully saturated rings. The van der Waals surface area contributed by atoms with Crippen LogP contribution in [0, 0.1) is 0 Å². The second-order valence-corrected chi connectivity index (χ2v) is 31.2. The van der Waals surface area contributed by atoms with E-state index in [0.717, 1.165) is 145 Å². The lowest BCUT2D eigenvalue weighted by Crippen LogP contribution is -2.12.